The zero-order valence-electron chi connectivity index (χ0n) is 24.8. The number of ether oxygens (including phenoxy) is 2. The van der Waals surface area contributed by atoms with E-state index in [1.807, 2.05) is 30.3 Å². The molecule has 1 N–H and O–H groups in total. The molecule has 2 unspecified atom stereocenters. The van der Waals surface area contributed by atoms with Crippen molar-refractivity contribution in [3.05, 3.63) is 84.2 Å². The maximum Gasteiger partial charge on any atom is 0.573 e. The summed E-state index contributed by atoms with van der Waals surface area (Å²) in [5.74, 6) is 1.90. The number of hydrogen-bond acceptors (Lipinski definition) is 8. The first-order valence-electron chi connectivity index (χ1n) is 14.4. The third-order valence-electron chi connectivity index (χ3n) is 7.65. The molecule has 0 spiro atoms. The summed E-state index contributed by atoms with van der Waals surface area (Å²) < 4.78 is 48.1. The molecule has 1 saturated heterocycles. The number of carbonyl (C=O) groups excluding carboxylic acids is 1. The van der Waals surface area contributed by atoms with Crippen molar-refractivity contribution in [2.24, 2.45) is 4.99 Å². The Labute approximate surface area is 262 Å². The number of methoxy groups -OCH3 is 1. The highest BCUT2D eigenvalue weighted by molar-refractivity contribution is 8.15. The Morgan fingerprint density at radius 1 is 1.07 bits per heavy atom. The van der Waals surface area contributed by atoms with E-state index in [9.17, 15) is 18.0 Å². The molecule has 2 heterocycles. The molecule has 0 radical (unpaired) electrons. The van der Waals surface area contributed by atoms with E-state index < -0.39 is 6.36 Å². The number of aliphatic imine (C=N–C) groups is 1. The van der Waals surface area contributed by atoms with E-state index in [4.69, 9.17) is 9.73 Å². The van der Waals surface area contributed by atoms with Gasteiger partial charge in [-0.15, -0.1) is 18.3 Å². The minimum absolute atomic E-state index is 0.0166. The van der Waals surface area contributed by atoms with Gasteiger partial charge in [-0.3, -0.25) is 15.0 Å². The number of rotatable bonds is 10. The normalized spacial score (nSPS) is 19.0. The van der Waals surface area contributed by atoms with E-state index in [2.05, 4.69) is 46.1 Å². The molecule has 1 aliphatic carbocycles. The molecule has 1 aromatic heterocycles. The summed E-state index contributed by atoms with van der Waals surface area (Å²) in [4.78, 5) is 23.7. The Hall–Kier alpha value is -4.36. The number of nitrogens with zero attached hydrogens (tertiary/aromatic N) is 5. The smallest absolute Gasteiger partial charge is 0.497 e. The number of thioether (sulfide) groups is 1. The molecular formula is C32H31F3N6O3S. The predicted molar refractivity (Wildman–Crippen MR) is 167 cm³/mol. The zero-order valence-corrected chi connectivity index (χ0v) is 25.6. The van der Waals surface area contributed by atoms with Crippen LogP contribution in [-0.2, 0) is 4.79 Å². The first kappa shape index (κ1) is 30.7. The number of amidine groups is 1. The van der Waals surface area contributed by atoms with Crippen LogP contribution in [0.3, 0.4) is 0 Å². The predicted octanol–water partition coefficient (Wildman–Crippen LogP) is 6.50. The number of benzene rings is 3. The molecule has 0 bridgehead atoms. The lowest BCUT2D eigenvalue weighted by Crippen LogP contribution is -2.31. The molecule has 1 amide bonds. The van der Waals surface area contributed by atoms with Gasteiger partial charge in [0.05, 0.1) is 30.9 Å². The van der Waals surface area contributed by atoms with Gasteiger partial charge in [0.1, 0.15) is 17.8 Å². The highest BCUT2D eigenvalue weighted by Crippen LogP contribution is 2.41. The summed E-state index contributed by atoms with van der Waals surface area (Å²) in [6.07, 6.45) is -2.24. The molecule has 9 nitrogen and oxygen atoms in total. The Balaban J connectivity index is 1.05. The maximum absolute atomic E-state index is 12.8. The van der Waals surface area contributed by atoms with E-state index in [0.29, 0.717) is 35.0 Å². The molecule has 1 saturated carbocycles. The van der Waals surface area contributed by atoms with Crippen LogP contribution >= 0.6 is 11.8 Å². The van der Waals surface area contributed by atoms with Gasteiger partial charge in [-0.1, -0.05) is 49.9 Å². The van der Waals surface area contributed by atoms with Crippen molar-refractivity contribution in [1.82, 2.24) is 20.1 Å². The van der Waals surface area contributed by atoms with Crippen LogP contribution in [0.5, 0.6) is 11.5 Å². The van der Waals surface area contributed by atoms with Gasteiger partial charge in [0.15, 0.2) is 11.0 Å². The van der Waals surface area contributed by atoms with Crippen LogP contribution in [0.1, 0.15) is 43.2 Å². The minimum atomic E-state index is -4.74. The molecule has 13 heteroatoms. The van der Waals surface area contributed by atoms with Crippen LogP contribution < -0.4 is 19.7 Å². The SMILES string of the molecule is COc1ccc(N2C(=O)CSC2=NCNC2CC2c2ccc(-c3ncn(-c4ccc(OC(F)(F)F)cc4)n3)cc2)c(C(C)C)c1. The molecule has 1 aliphatic heterocycles. The Morgan fingerprint density at radius 3 is 2.49 bits per heavy atom. The third kappa shape index (κ3) is 6.99. The summed E-state index contributed by atoms with van der Waals surface area (Å²) in [6, 6.07) is 19.5. The highest BCUT2D eigenvalue weighted by atomic mass is 32.2. The van der Waals surface area contributed by atoms with Crippen LogP contribution in [0.15, 0.2) is 78.0 Å². The molecule has 234 valence electrons. The third-order valence-corrected chi connectivity index (χ3v) is 8.61. The number of aromatic nitrogens is 3. The van der Waals surface area contributed by atoms with Gasteiger partial charge in [-0.05, 0) is 65.9 Å². The molecule has 4 aromatic rings. The van der Waals surface area contributed by atoms with Gasteiger partial charge >= 0.3 is 6.36 Å². The van der Waals surface area contributed by atoms with Crippen molar-refractivity contribution >= 4 is 28.5 Å². The van der Waals surface area contributed by atoms with Crippen molar-refractivity contribution in [1.29, 1.82) is 0 Å². The summed E-state index contributed by atoms with van der Waals surface area (Å²) in [5.41, 5.74) is 4.45. The van der Waals surface area contributed by atoms with Gasteiger partial charge in [0.25, 0.3) is 0 Å². The number of halogens is 3. The first-order valence-corrected chi connectivity index (χ1v) is 15.4. The number of carbonyl (C=O) groups is 1. The Morgan fingerprint density at radius 2 is 1.80 bits per heavy atom. The summed E-state index contributed by atoms with van der Waals surface area (Å²) >= 11 is 1.45. The Kier molecular flexibility index (Phi) is 8.56. The average Bonchev–Trinajstić information content (AvgIpc) is 3.44. The van der Waals surface area contributed by atoms with Gasteiger partial charge < -0.3 is 9.47 Å². The fourth-order valence-electron chi connectivity index (χ4n) is 5.26. The monoisotopic (exact) mass is 636 g/mol. The summed E-state index contributed by atoms with van der Waals surface area (Å²) in [6.45, 7) is 4.59. The van der Waals surface area contributed by atoms with Crippen molar-refractivity contribution < 1.29 is 27.4 Å². The average molecular weight is 637 g/mol. The summed E-state index contributed by atoms with van der Waals surface area (Å²) in [5, 5.41) is 8.67. The number of hydrogen-bond donors (Lipinski definition) is 1. The molecular weight excluding hydrogens is 605 g/mol. The topological polar surface area (TPSA) is 93.9 Å². The number of alkyl halides is 3. The first-order chi connectivity index (χ1) is 21.6. The highest BCUT2D eigenvalue weighted by Gasteiger charge is 2.38. The van der Waals surface area contributed by atoms with E-state index in [-0.39, 0.29) is 23.6 Å². The maximum atomic E-state index is 12.8. The van der Waals surface area contributed by atoms with E-state index in [1.54, 1.807) is 12.0 Å². The molecule has 45 heavy (non-hydrogen) atoms. The van der Waals surface area contributed by atoms with Gasteiger partial charge in [-0.25, -0.2) is 14.7 Å². The number of nitrogens with one attached hydrogen (secondary N) is 1. The fourth-order valence-corrected chi connectivity index (χ4v) is 6.13. The van der Waals surface area contributed by atoms with Crippen molar-refractivity contribution in [3.8, 4) is 28.6 Å². The molecule has 2 aliphatic rings. The van der Waals surface area contributed by atoms with E-state index in [0.717, 1.165) is 29.0 Å². The molecule has 2 atom stereocenters. The van der Waals surface area contributed by atoms with E-state index in [1.165, 1.54) is 52.6 Å². The molecule has 2 fully saturated rings. The van der Waals surface area contributed by atoms with E-state index >= 15 is 0 Å². The van der Waals surface area contributed by atoms with Crippen LogP contribution in [-0.4, -0.2) is 57.8 Å². The van der Waals surface area contributed by atoms with Crippen LogP contribution in [0.2, 0.25) is 0 Å². The number of anilines is 1. The summed E-state index contributed by atoms with van der Waals surface area (Å²) in [7, 11) is 1.63. The number of amides is 1. The van der Waals surface area contributed by atoms with Crippen LogP contribution in [0.4, 0.5) is 18.9 Å². The van der Waals surface area contributed by atoms with Gasteiger partial charge in [0, 0.05) is 17.5 Å². The lowest BCUT2D eigenvalue weighted by molar-refractivity contribution is -0.274. The lowest BCUT2D eigenvalue weighted by atomic mass is 10.00. The second kappa shape index (κ2) is 12.6. The second-order valence-corrected chi connectivity index (χ2v) is 12.0. The lowest BCUT2D eigenvalue weighted by Gasteiger charge is -2.22. The van der Waals surface area contributed by atoms with Gasteiger partial charge in [-0.2, -0.15) is 0 Å². The minimum Gasteiger partial charge on any atom is -0.497 e. The standard InChI is InChI=1S/C32H31F3N6O3S/c1-19(2)25-14-24(43-3)12-13-28(25)41-29(42)16-45-31(41)37-17-36-27-15-26(27)20-4-6-21(7-5-20)30-38-18-40(39-30)22-8-10-23(11-9-22)44-32(33,34)35/h4-14,18-19,26-27,36H,15-17H2,1-3H3. The molecule has 3 aromatic carbocycles. The molecule has 6 rings (SSSR count). The fraction of sp³-hybridized carbons (Fsp3) is 0.312. The Bertz CT molecular complexity index is 1710. The van der Waals surface area contributed by atoms with Crippen molar-refractivity contribution in [2.75, 3.05) is 24.4 Å². The quantitative estimate of drug-likeness (QED) is 0.212. The van der Waals surface area contributed by atoms with Crippen molar-refractivity contribution in [2.45, 2.75) is 44.5 Å². The zero-order chi connectivity index (χ0) is 31.7. The van der Waals surface area contributed by atoms with Gasteiger partial charge in [0.2, 0.25) is 5.91 Å². The van der Waals surface area contributed by atoms with Crippen molar-refractivity contribution in [3.63, 3.8) is 0 Å². The van der Waals surface area contributed by atoms with Crippen LogP contribution in [0.25, 0.3) is 17.1 Å². The largest absolute Gasteiger partial charge is 0.573 e. The second-order valence-electron chi connectivity index (χ2n) is 11.0. The van der Waals surface area contributed by atoms with Crippen LogP contribution in [0, 0.1) is 0 Å².